The van der Waals surface area contributed by atoms with Gasteiger partial charge < -0.3 is 13.7 Å². The van der Waals surface area contributed by atoms with Crippen molar-refractivity contribution in [3.8, 4) is 22.6 Å². The fraction of sp³-hybridized carbons (Fsp3) is 0.0417. The number of fused-ring (bicyclic) bond motifs is 3. The summed E-state index contributed by atoms with van der Waals surface area (Å²) < 4.78 is 13.0. The molecule has 5 rings (SSSR count). The Hall–Kier alpha value is -3.79. The fourth-order valence-electron chi connectivity index (χ4n) is 3.66. The summed E-state index contributed by atoms with van der Waals surface area (Å²) in [6.45, 7) is 0. The molecule has 2 aromatic heterocycles. The lowest BCUT2D eigenvalue weighted by molar-refractivity contribution is 0.415. The summed E-state index contributed by atoms with van der Waals surface area (Å²) in [6.07, 6.45) is 2.01. The molecule has 0 atom stereocenters. The zero-order chi connectivity index (χ0) is 19.1. The number of para-hydroxylation sites is 1. The summed E-state index contributed by atoms with van der Waals surface area (Å²) >= 11 is 0. The highest BCUT2D eigenvalue weighted by molar-refractivity contribution is 6.09. The molecule has 0 saturated carbocycles. The Morgan fingerprint density at radius 1 is 0.857 bits per heavy atom. The number of benzene rings is 3. The Morgan fingerprint density at radius 3 is 2.32 bits per heavy atom. The van der Waals surface area contributed by atoms with E-state index in [4.69, 9.17) is 9.15 Å². The first-order chi connectivity index (χ1) is 13.8. The molecule has 0 fully saturated rings. The summed E-state index contributed by atoms with van der Waals surface area (Å²) in [4.78, 5) is 12.9. The number of hydrogen-bond donors (Lipinski definition) is 0. The molecule has 0 aliphatic carbocycles. The van der Waals surface area contributed by atoms with Crippen molar-refractivity contribution < 1.29 is 9.15 Å². The largest absolute Gasteiger partial charge is 0.497 e. The van der Waals surface area contributed by atoms with Crippen molar-refractivity contribution in [1.29, 1.82) is 0 Å². The molecule has 0 spiro atoms. The van der Waals surface area contributed by atoms with Gasteiger partial charge in [-0.05, 0) is 42.0 Å². The third-order valence-electron chi connectivity index (χ3n) is 4.99. The first kappa shape index (κ1) is 16.4. The summed E-state index contributed by atoms with van der Waals surface area (Å²) in [5, 5.41) is 1.48. The van der Waals surface area contributed by atoms with Crippen LogP contribution in [0.5, 0.6) is 5.75 Å². The van der Waals surface area contributed by atoms with Gasteiger partial charge in [-0.3, -0.25) is 0 Å². The number of aromatic nitrogens is 1. The lowest BCUT2D eigenvalue weighted by Gasteiger charge is -2.08. The summed E-state index contributed by atoms with van der Waals surface area (Å²) in [7, 11) is 1.65. The van der Waals surface area contributed by atoms with Crippen LogP contribution < -0.4 is 10.4 Å². The van der Waals surface area contributed by atoms with E-state index in [1.54, 1.807) is 7.11 Å². The smallest absolute Gasteiger partial charge is 0.346 e. The van der Waals surface area contributed by atoms with Crippen LogP contribution in [-0.2, 0) is 0 Å². The lowest BCUT2D eigenvalue weighted by atomic mass is 10.1. The second-order valence-electron chi connectivity index (χ2n) is 6.59. The second kappa shape index (κ2) is 6.43. The van der Waals surface area contributed by atoms with Crippen molar-refractivity contribution in [2.24, 2.45) is 0 Å². The predicted octanol–water partition coefficient (Wildman–Crippen LogP) is 5.41. The number of nitrogens with zero attached hydrogens (tertiary/aromatic N) is 1. The number of ether oxygens (including phenoxy) is 1. The molecule has 4 heteroatoms. The Morgan fingerprint density at radius 2 is 1.57 bits per heavy atom. The van der Waals surface area contributed by atoms with Gasteiger partial charge in [0.2, 0.25) is 0 Å². The van der Waals surface area contributed by atoms with Crippen molar-refractivity contribution in [1.82, 2.24) is 4.57 Å². The third kappa shape index (κ3) is 2.50. The number of hydrogen-bond acceptors (Lipinski definition) is 3. The van der Waals surface area contributed by atoms with Crippen LogP contribution in [0.15, 0.2) is 94.3 Å². The maximum absolute atomic E-state index is 12.9. The van der Waals surface area contributed by atoms with Gasteiger partial charge in [-0.15, -0.1) is 0 Å². The van der Waals surface area contributed by atoms with Crippen molar-refractivity contribution in [2.75, 3.05) is 7.11 Å². The SMILES string of the molecule is COc1ccc(-n2cc(-c3ccccc3)c3c(=O)oc4ccccc4c32)cc1. The van der Waals surface area contributed by atoms with E-state index in [2.05, 4.69) is 4.57 Å². The average molecular weight is 367 g/mol. The molecule has 0 aliphatic heterocycles. The van der Waals surface area contributed by atoms with Gasteiger partial charge in [-0.1, -0.05) is 42.5 Å². The molecule has 0 radical (unpaired) electrons. The van der Waals surface area contributed by atoms with Crippen LogP contribution in [0.25, 0.3) is 38.7 Å². The standard InChI is InChI=1S/C24H17NO3/c1-27-18-13-11-17(12-14-18)25-15-20(16-7-3-2-4-8-16)22-23(25)19-9-5-6-10-21(19)28-24(22)26/h2-15H,1H3. The average Bonchev–Trinajstić information content (AvgIpc) is 3.16. The van der Waals surface area contributed by atoms with Crippen molar-refractivity contribution >= 4 is 21.9 Å². The molecule has 0 saturated heterocycles. The van der Waals surface area contributed by atoms with E-state index in [1.165, 1.54) is 0 Å². The minimum absolute atomic E-state index is 0.334. The van der Waals surface area contributed by atoms with Crippen molar-refractivity contribution in [3.05, 3.63) is 95.5 Å². The quantitative estimate of drug-likeness (QED) is 0.400. The highest BCUT2D eigenvalue weighted by Gasteiger charge is 2.19. The number of methoxy groups -OCH3 is 1. The van der Waals surface area contributed by atoms with E-state index in [1.807, 2.05) is 85.1 Å². The normalized spacial score (nSPS) is 11.2. The van der Waals surface area contributed by atoms with Gasteiger partial charge in [-0.25, -0.2) is 4.79 Å². The van der Waals surface area contributed by atoms with Gasteiger partial charge in [-0.2, -0.15) is 0 Å². The maximum Gasteiger partial charge on any atom is 0.346 e. The zero-order valence-corrected chi connectivity index (χ0v) is 15.3. The monoisotopic (exact) mass is 367 g/mol. The van der Waals surface area contributed by atoms with Crippen LogP contribution >= 0.6 is 0 Å². The molecule has 0 amide bonds. The zero-order valence-electron chi connectivity index (χ0n) is 15.3. The molecule has 3 aromatic carbocycles. The van der Waals surface area contributed by atoms with Crippen LogP contribution in [-0.4, -0.2) is 11.7 Å². The van der Waals surface area contributed by atoms with E-state index >= 15 is 0 Å². The fourth-order valence-corrected chi connectivity index (χ4v) is 3.66. The highest BCUT2D eigenvalue weighted by atomic mass is 16.5. The predicted molar refractivity (Wildman–Crippen MR) is 111 cm³/mol. The molecule has 2 heterocycles. The molecule has 0 N–H and O–H groups in total. The Kier molecular flexibility index (Phi) is 3.76. The van der Waals surface area contributed by atoms with Gasteiger partial charge in [0.05, 0.1) is 18.0 Å². The van der Waals surface area contributed by atoms with Gasteiger partial charge in [0, 0.05) is 22.8 Å². The first-order valence-corrected chi connectivity index (χ1v) is 9.03. The van der Waals surface area contributed by atoms with Crippen LogP contribution in [0.1, 0.15) is 0 Å². The molecule has 136 valence electrons. The Balaban J connectivity index is 1.92. The van der Waals surface area contributed by atoms with E-state index < -0.39 is 0 Å². The van der Waals surface area contributed by atoms with E-state index in [0.29, 0.717) is 11.0 Å². The topological polar surface area (TPSA) is 44.4 Å². The Labute approximate surface area is 161 Å². The van der Waals surface area contributed by atoms with E-state index in [0.717, 1.165) is 33.5 Å². The van der Waals surface area contributed by atoms with Gasteiger partial charge in [0.1, 0.15) is 11.3 Å². The third-order valence-corrected chi connectivity index (χ3v) is 4.99. The highest BCUT2D eigenvalue weighted by Crippen LogP contribution is 2.34. The van der Waals surface area contributed by atoms with Gasteiger partial charge in [0.25, 0.3) is 0 Å². The molecule has 0 bridgehead atoms. The molecule has 0 unspecified atom stereocenters. The van der Waals surface area contributed by atoms with Crippen LogP contribution in [0.3, 0.4) is 0 Å². The minimum Gasteiger partial charge on any atom is -0.497 e. The molecule has 5 aromatic rings. The summed E-state index contributed by atoms with van der Waals surface area (Å²) in [5.74, 6) is 0.785. The van der Waals surface area contributed by atoms with E-state index in [-0.39, 0.29) is 5.63 Å². The molecule has 0 aliphatic rings. The van der Waals surface area contributed by atoms with E-state index in [9.17, 15) is 4.79 Å². The molecule has 4 nitrogen and oxygen atoms in total. The lowest BCUT2D eigenvalue weighted by Crippen LogP contribution is -2.01. The molecule has 28 heavy (non-hydrogen) atoms. The first-order valence-electron chi connectivity index (χ1n) is 9.03. The van der Waals surface area contributed by atoms with Gasteiger partial charge >= 0.3 is 5.63 Å². The van der Waals surface area contributed by atoms with Crippen LogP contribution in [0.4, 0.5) is 0 Å². The van der Waals surface area contributed by atoms with Gasteiger partial charge in [0.15, 0.2) is 0 Å². The Bertz CT molecular complexity index is 1350. The second-order valence-corrected chi connectivity index (χ2v) is 6.59. The van der Waals surface area contributed by atoms with Crippen LogP contribution in [0, 0.1) is 0 Å². The molecular formula is C24H17NO3. The molecular weight excluding hydrogens is 350 g/mol. The summed E-state index contributed by atoms with van der Waals surface area (Å²) in [5.41, 5.74) is 3.86. The number of rotatable bonds is 3. The summed E-state index contributed by atoms with van der Waals surface area (Å²) in [6, 6.07) is 25.3. The minimum atomic E-state index is -0.334. The van der Waals surface area contributed by atoms with Crippen molar-refractivity contribution in [2.45, 2.75) is 0 Å². The maximum atomic E-state index is 12.9. The van der Waals surface area contributed by atoms with Crippen LogP contribution in [0.2, 0.25) is 0 Å². The van der Waals surface area contributed by atoms with Crippen molar-refractivity contribution in [3.63, 3.8) is 0 Å².